The summed E-state index contributed by atoms with van der Waals surface area (Å²) in [7, 11) is 0. The zero-order valence-corrected chi connectivity index (χ0v) is 9.84. The number of hydrogen-bond acceptors (Lipinski definition) is 2. The Balaban J connectivity index is 2.64. The van der Waals surface area contributed by atoms with Gasteiger partial charge in [-0.1, -0.05) is 20.8 Å². The predicted octanol–water partition coefficient (Wildman–Crippen LogP) is 1.21. The van der Waals surface area contributed by atoms with E-state index in [4.69, 9.17) is 11.1 Å². The summed E-state index contributed by atoms with van der Waals surface area (Å²) in [4.78, 5) is 13.8. The van der Waals surface area contributed by atoms with Gasteiger partial charge in [0.2, 0.25) is 5.91 Å². The predicted molar refractivity (Wildman–Crippen MR) is 60.7 cm³/mol. The number of piperidine rings is 1. The van der Waals surface area contributed by atoms with Crippen LogP contribution in [0.15, 0.2) is 0 Å². The lowest BCUT2D eigenvalue weighted by Crippen LogP contribution is -2.47. The minimum Gasteiger partial charge on any atom is -0.387 e. The maximum absolute atomic E-state index is 12.0. The first-order chi connectivity index (χ1) is 6.82. The number of rotatable bonds is 1. The Kier molecular flexibility index (Phi) is 3.37. The molecule has 1 saturated heterocycles. The highest BCUT2D eigenvalue weighted by molar-refractivity contribution is 5.84. The Morgan fingerprint density at radius 1 is 1.47 bits per heavy atom. The quantitative estimate of drug-likeness (QED) is 0.505. The molecule has 0 radical (unpaired) electrons. The second-order valence-electron chi connectivity index (χ2n) is 5.30. The largest absolute Gasteiger partial charge is 0.387 e. The zero-order chi connectivity index (χ0) is 11.6. The molecule has 0 aromatic carbocycles. The SMILES string of the molecule is CC(C)(C)C(=O)N1CCC[C@H](C(=N)N)C1. The first kappa shape index (κ1) is 12.0. The maximum atomic E-state index is 12.0. The molecule has 0 bridgehead atoms. The molecule has 0 spiro atoms. The lowest BCUT2D eigenvalue weighted by atomic mass is 9.91. The van der Waals surface area contributed by atoms with Crippen molar-refractivity contribution in [1.29, 1.82) is 5.41 Å². The highest BCUT2D eigenvalue weighted by Crippen LogP contribution is 2.23. The molecule has 1 heterocycles. The van der Waals surface area contributed by atoms with Crippen molar-refractivity contribution >= 4 is 11.7 Å². The van der Waals surface area contributed by atoms with Gasteiger partial charge in [0.1, 0.15) is 0 Å². The van der Waals surface area contributed by atoms with Gasteiger partial charge in [0, 0.05) is 24.4 Å². The minimum absolute atomic E-state index is 0.0602. The normalized spacial score (nSPS) is 22.6. The van der Waals surface area contributed by atoms with Crippen LogP contribution in [-0.4, -0.2) is 29.7 Å². The molecule has 86 valence electrons. The van der Waals surface area contributed by atoms with Gasteiger partial charge in [-0.15, -0.1) is 0 Å². The number of amidine groups is 1. The average molecular weight is 211 g/mol. The number of nitrogens with one attached hydrogen (secondary N) is 1. The summed E-state index contributed by atoms with van der Waals surface area (Å²) in [6, 6.07) is 0. The highest BCUT2D eigenvalue weighted by atomic mass is 16.2. The van der Waals surface area contributed by atoms with Gasteiger partial charge in [-0.05, 0) is 12.8 Å². The summed E-state index contributed by atoms with van der Waals surface area (Å²) in [5, 5.41) is 7.42. The van der Waals surface area contributed by atoms with Crippen molar-refractivity contribution in [3.63, 3.8) is 0 Å². The standard InChI is InChI=1S/C11H21N3O/c1-11(2,3)10(15)14-6-4-5-8(7-14)9(12)13/h8H,4-7H2,1-3H3,(H3,12,13)/t8-/m0/s1. The number of nitrogens with two attached hydrogens (primary N) is 1. The van der Waals surface area contributed by atoms with Crippen LogP contribution < -0.4 is 5.73 Å². The lowest BCUT2D eigenvalue weighted by Gasteiger charge is -2.36. The van der Waals surface area contributed by atoms with Crippen LogP contribution in [0, 0.1) is 16.7 Å². The van der Waals surface area contributed by atoms with Crippen molar-refractivity contribution in [2.45, 2.75) is 33.6 Å². The van der Waals surface area contributed by atoms with Crippen molar-refractivity contribution in [3.05, 3.63) is 0 Å². The molecular weight excluding hydrogens is 190 g/mol. The van der Waals surface area contributed by atoms with Crippen LogP contribution in [0.1, 0.15) is 33.6 Å². The third-order valence-corrected chi connectivity index (χ3v) is 2.79. The summed E-state index contributed by atoms with van der Waals surface area (Å²) < 4.78 is 0. The van der Waals surface area contributed by atoms with E-state index in [1.807, 2.05) is 25.7 Å². The zero-order valence-electron chi connectivity index (χ0n) is 9.84. The van der Waals surface area contributed by atoms with Crippen molar-refractivity contribution in [2.75, 3.05) is 13.1 Å². The summed E-state index contributed by atoms with van der Waals surface area (Å²) in [6.45, 7) is 7.19. The summed E-state index contributed by atoms with van der Waals surface area (Å²) in [5.41, 5.74) is 5.15. The molecule has 1 aliphatic heterocycles. The van der Waals surface area contributed by atoms with Crippen LogP contribution in [0.5, 0.6) is 0 Å². The second-order valence-corrected chi connectivity index (χ2v) is 5.30. The third kappa shape index (κ3) is 2.94. The molecule has 4 heteroatoms. The topological polar surface area (TPSA) is 70.2 Å². The molecule has 1 aliphatic rings. The van der Waals surface area contributed by atoms with Gasteiger partial charge in [0.25, 0.3) is 0 Å². The lowest BCUT2D eigenvalue weighted by molar-refractivity contribution is -0.140. The monoisotopic (exact) mass is 211 g/mol. The Morgan fingerprint density at radius 3 is 2.53 bits per heavy atom. The molecule has 0 unspecified atom stereocenters. The van der Waals surface area contributed by atoms with E-state index in [0.29, 0.717) is 6.54 Å². The molecule has 15 heavy (non-hydrogen) atoms. The molecule has 4 nitrogen and oxygen atoms in total. The van der Waals surface area contributed by atoms with Crippen LogP contribution >= 0.6 is 0 Å². The number of amides is 1. The van der Waals surface area contributed by atoms with Gasteiger partial charge in [-0.25, -0.2) is 0 Å². The molecule has 3 N–H and O–H groups in total. The summed E-state index contributed by atoms with van der Waals surface area (Å²) >= 11 is 0. The molecule has 1 fully saturated rings. The van der Waals surface area contributed by atoms with Crippen LogP contribution in [0.2, 0.25) is 0 Å². The molecule has 0 aromatic rings. The number of hydrogen-bond donors (Lipinski definition) is 2. The number of carbonyl (C=O) groups is 1. The molecule has 0 aliphatic carbocycles. The number of likely N-dealkylation sites (tertiary alicyclic amines) is 1. The fourth-order valence-corrected chi connectivity index (χ4v) is 1.89. The first-order valence-electron chi connectivity index (χ1n) is 5.45. The molecule has 1 rings (SSSR count). The molecule has 1 amide bonds. The Morgan fingerprint density at radius 2 is 2.07 bits per heavy atom. The number of nitrogens with zero attached hydrogens (tertiary/aromatic N) is 1. The smallest absolute Gasteiger partial charge is 0.227 e. The van der Waals surface area contributed by atoms with Gasteiger partial charge < -0.3 is 10.6 Å². The van der Waals surface area contributed by atoms with E-state index in [9.17, 15) is 4.79 Å². The van der Waals surface area contributed by atoms with Crippen molar-refractivity contribution in [2.24, 2.45) is 17.1 Å². The van der Waals surface area contributed by atoms with E-state index < -0.39 is 0 Å². The molecule has 0 saturated carbocycles. The van der Waals surface area contributed by atoms with E-state index in [1.165, 1.54) is 0 Å². The van der Waals surface area contributed by atoms with Crippen LogP contribution in [0.3, 0.4) is 0 Å². The van der Waals surface area contributed by atoms with Gasteiger partial charge in [-0.2, -0.15) is 0 Å². The van der Waals surface area contributed by atoms with E-state index in [-0.39, 0.29) is 23.1 Å². The second kappa shape index (κ2) is 4.21. The van der Waals surface area contributed by atoms with E-state index >= 15 is 0 Å². The van der Waals surface area contributed by atoms with E-state index in [0.717, 1.165) is 19.4 Å². The van der Waals surface area contributed by atoms with E-state index in [2.05, 4.69) is 0 Å². The van der Waals surface area contributed by atoms with Crippen molar-refractivity contribution in [3.8, 4) is 0 Å². The van der Waals surface area contributed by atoms with Gasteiger partial charge in [-0.3, -0.25) is 10.2 Å². The average Bonchev–Trinajstić information content (AvgIpc) is 2.15. The fourth-order valence-electron chi connectivity index (χ4n) is 1.89. The van der Waals surface area contributed by atoms with Crippen LogP contribution in [0.25, 0.3) is 0 Å². The summed E-state index contributed by atoms with van der Waals surface area (Å²) in [6.07, 6.45) is 1.88. The van der Waals surface area contributed by atoms with Crippen LogP contribution in [-0.2, 0) is 4.79 Å². The molecule has 0 aromatic heterocycles. The Hall–Kier alpha value is -1.06. The van der Waals surface area contributed by atoms with Crippen LogP contribution in [0.4, 0.5) is 0 Å². The van der Waals surface area contributed by atoms with E-state index in [1.54, 1.807) is 0 Å². The first-order valence-corrected chi connectivity index (χ1v) is 5.45. The summed E-state index contributed by atoms with van der Waals surface area (Å²) in [5.74, 6) is 0.430. The van der Waals surface area contributed by atoms with Gasteiger partial charge >= 0.3 is 0 Å². The maximum Gasteiger partial charge on any atom is 0.227 e. The Labute approximate surface area is 91.3 Å². The van der Waals surface area contributed by atoms with Crippen molar-refractivity contribution in [1.82, 2.24) is 4.90 Å². The molecule has 1 atom stereocenters. The highest BCUT2D eigenvalue weighted by Gasteiger charge is 2.31. The number of carbonyl (C=O) groups excluding carboxylic acids is 1. The van der Waals surface area contributed by atoms with Crippen molar-refractivity contribution < 1.29 is 4.79 Å². The Bertz CT molecular complexity index is 267. The minimum atomic E-state index is -0.335. The van der Waals surface area contributed by atoms with Gasteiger partial charge in [0.15, 0.2) is 0 Å². The third-order valence-electron chi connectivity index (χ3n) is 2.79. The van der Waals surface area contributed by atoms with Gasteiger partial charge in [0.05, 0.1) is 5.84 Å². The molecular formula is C11H21N3O. The fraction of sp³-hybridized carbons (Fsp3) is 0.818.